The minimum atomic E-state index is 0.180. The molecule has 1 N–H and O–H groups in total. The van der Waals surface area contributed by atoms with Crippen molar-refractivity contribution >= 4 is 11.9 Å². The Kier molecular flexibility index (Phi) is 8.31. The normalized spacial score (nSPS) is 20.9. The Morgan fingerprint density at radius 3 is 2.59 bits per heavy atom. The molecule has 0 aromatic heterocycles. The van der Waals surface area contributed by atoms with Crippen LogP contribution in [0.25, 0.3) is 0 Å². The van der Waals surface area contributed by atoms with Gasteiger partial charge in [0, 0.05) is 72.2 Å². The fourth-order valence-electron chi connectivity index (χ4n) is 4.02. The molecule has 2 aliphatic heterocycles. The number of benzene rings is 1. The number of rotatable bonds is 7. The van der Waals surface area contributed by atoms with Gasteiger partial charge in [-0.15, -0.1) is 0 Å². The molecule has 1 atom stereocenters. The molecule has 0 saturated carbocycles. The highest BCUT2D eigenvalue weighted by Crippen LogP contribution is 2.17. The quantitative estimate of drug-likeness (QED) is 0.551. The molecule has 2 heterocycles. The summed E-state index contributed by atoms with van der Waals surface area (Å²) in [6.07, 6.45) is 1.14. The number of nitrogens with zero attached hydrogens (tertiary/aromatic N) is 4. The first-order chi connectivity index (χ1) is 14.2. The molecule has 0 bridgehead atoms. The summed E-state index contributed by atoms with van der Waals surface area (Å²) in [5, 5.41) is 3.51. The van der Waals surface area contributed by atoms with Crippen molar-refractivity contribution in [2.24, 2.45) is 10.9 Å². The maximum absolute atomic E-state index is 11.4. The number of piperazine rings is 1. The van der Waals surface area contributed by atoms with Gasteiger partial charge in [0.25, 0.3) is 0 Å². The van der Waals surface area contributed by atoms with Crippen LogP contribution in [0.4, 0.5) is 0 Å². The van der Waals surface area contributed by atoms with Gasteiger partial charge in [0.2, 0.25) is 5.91 Å². The second-order valence-corrected chi connectivity index (χ2v) is 7.92. The van der Waals surface area contributed by atoms with Crippen molar-refractivity contribution in [3.05, 3.63) is 35.9 Å². The minimum absolute atomic E-state index is 0.180. The second kappa shape index (κ2) is 11.2. The number of nitrogens with one attached hydrogen (secondary N) is 1. The van der Waals surface area contributed by atoms with Crippen molar-refractivity contribution in [2.45, 2.75) is 20.0 Å². The Labute approximate surface area is 174 Å². The molecular formula is C22H35N5O2. The monoisotopic (exact) mass is 401 g/mol. The highest BCUT2D eigenvalue weighted by atomic mass is 16.5. The molecule has 160 valence electrons. The second-order valence-electron chi connectivity index (χ2n) is 7.92. The maximum Gasteiger partial charge on any atom is 0.219 e. The van der Waals surface area contributed by atoms with Crippen molar-refractivity contribution < 1.29 is 9.53 Å². The topological polar surface area (TPSA) is 60.4 Å². The van der Waals surface area contributed by atoms with E-state index >= 15 is 0 Å². The predicted molar refractivity (Wildman–Crippen MR) is 116 cm³/mol. The Morgan fingerprint density at radius 2 is 1.90 bits per heavy atom. The van der Waals surface area contributed by atoms with E-state index in [4.69, 9.17) is 4.74 Å². The molecule has 7 nitrogen and oxygen atoms in total. The van der Waals surface area contributed by atoms with Gasteiger partial charge in [0.05, 0.1) is 13.2 Å². The van der Waals surface area contributed by atoms with Gasteiger partial charge in [0.15, 0.2) is 5.96 Å². The third-order valence-electron chi connectivity index (χ3n) is 5.79. The van der Waals surface area contributed by atoms with E-state index in [0.717, 1.165) is 71.3 Å². The van der Waals surface area contributed by atoms with Crippen LogP contribution in [0, 0.1) is 5.92 Å². The van der Waals surface area contributed by atoms with Crippen molar-refractivity contribution in [1.82, 2.24) is 20.0 Å². The first-order valence-electron chi connectivity index (χ1n) is 10.7. The van der Waals surface area contributed by atoms with Crippen LogP contribution in [-0.4, -0.2) is 92.6 Å². The van der Waals surface area contributed by atoms with Crippen LogP contribution in [-0.2, 0) is 16.1 Å². The Bertz CT molecular complexity index is 658. The molecule has 0 aliphatic carbocycles. The van der Waals surface area contributed by atoms with Crippen molar-refractivity contribution in [1.29, 1.82) is 0 Å². The highest BCUT2D eigenvalue weighted by Gasteiger charge is 2.25. The molecule has 1 aromatic rings. The number of carbonyl (C=O) groups excluding carboxylic acids is 1. The Hall–Kier alpha value is -2.12. The average Bonchev–Trinajstić information content (AvgIpc) is 3.21. The number of aliphatic imine (C=N–C) groups is 1. The number of guanidine groups is 1. The van der Waals surface area contributed by atoms with Gasteiger partial charge in [-0.3, -0.25) is 14.7 Å². The van der Waals surface area contributed by atoms with E-state index in [1.165, 1.54) is 5.56 Å². The maximum atomic E-state index is 11.4. The minimum Gasteiger partial charge on any atom is -0.376 e. The zero-order valence-corrected chi connectivity index (χ0v) is 17.8. The lowest BCUT2D eigenvalue weighted by molar-refractivity contribution is -0.130. The van der Waals surface area contributed by atoms with E-state index in [-0.39, 0.29) is 5.91 Å². The van der Waals surface area contributed by atoms with E-state index in [1.807, 2.05) is 18.0 Å². The lowest BCUT2D eigenvalue weighted by atomic mass is 10.1. The van der Waals surface area contributed by atoms with Crippen LogP contribution in [0.15, 0.2) is 35.3 Å². The SMILES string of the molecule is CN=C(NCCN1CCN(C(C)=O)CC1)N1CCC(COCc2ccccc2)C1. The van der Waals surface area contributed by atoms with Gasteiger partial charge in [-0.05, 0) is 12.0 Å². The van der Waals surface area contributed by atoms with Crippen molar-refractivity contribution in [2.75, 3.05) is 66.0 Å². The Morgan fingerprint density at radius 1 is 1.14 bits per heavy atom. The predicted octanol–water partition coefficient (Wildman–Crippen LogP) is 1.26. The molecular weight excluding hydrogens is 366 g/mol. The molecule has 1 aromatic carbocycles. The summed E-state index contributed by atoms with van der Waals surface area (Å²) in [7, 11) is 1.85. The van der Waals surface area contributed by atoms with Crippen LogP contribution in [0.1, 0.15) is 18.9 Å². The van der Waals surface area contributed by atoms with E-state index in [0.29, 0.717) is 12.5 Å². The zero-order chi connectivity index (χ0) is 20.5. The summed E-state index contributed by atoms with van der Waals surface area (Å²) < 4.78 is 5.93. The number of likely N-dealkylation sites (tertiary alicyclic amines) is 1. The average molecular weight is 402 g/mol. The number of hydrogen-bond acceptors (Lipinski definition) is 4. The zero-order valence-electron chi connectivity index (χ0n) is 17.8. The van der Waals surface area contributed by atoms with E-state index < -0.39 is 0 Å². The third-order valence-corrected chi connectivity index (χ3v) is 5.79. The molecule has 0 spiro atoms. The van der Waals surface area contributed by atoms with Crippen LogP contribution >= 0.6 is 0 Å². The van der Waals surface area contributed by atoms with Crippen molar-refractivity contribution in [3.8, 4) is 0 Å². The summed E-state index contributed by atoms with van der Waals surface area (Å²) in [5.41, 5.74) is 1.23. The Balaban J connectivity index is 1.32. The van der Waals surface area contributed by atoms with Gasteiger partial charge in [0.1, 0.15) is 0 Å². The highest BCUT2D eigenvalue weighted by molar-refractivity contribution is 5.80. The number of amides is 1. The van der Waals surface area contributed by atoms with Gasteiger partial charge in [-0.2, -0.15) is 0 Å². The summed E-state index contributed by atoms with van der Waals surface area (Å²) >= 11 is 0. The number of carbonyl (C=O) groups is 1. The molecule has 7 heteroatoms. The molecule has 2 aliphatic rings. The summed E-state index contributed by atoms with van der Waals surface area (Å²) in [4.78, 5) is 22.6. The summed E-state index contributed by atoms with van der Waals surface area (Å²) in [6.45, 7) is 10.6. The van der Waals surface area contributed by atoms with E-state index in [1.54, 1.807) is 6.92 Å². The van der Waals surface area contributed by atoms with Crippen LogP contribution in [0.5, 0.6) is 0 Å². The smallest absolute Gasteiger partial charge is 0.219 e. The van der Waals surface area contributed by atoms with E-state index in [9.17, 15) is 4.79 Å². The van der Waals surface area contributed by atoms with Crippen LogP contribution in [0.2, 0.25) is 0 Å². The first kappa shape index (κ1) is 21.6. The molecule has 0 radical (unpaired) electrons. The van der Waals surface area contributed by atoms with Crippen molar-refractivity contribution in [3.63, 3.8) is 0 Å². The van der Waals surface area contributed by atoms with Gasteiger partial charge < -0.3 is 19.9 Å². The first-order valence-corrected chi connectivity index (χ1v) is 10.7. The standard InChI is InChI=1S/C22H35N5O2/c1-19(28)26-14-12-25(13-15-26)11-9-24-22(23-2)27-10-8-21(16-27)18-29-17-20-6-4-3-5-7-20/h3-7,21H,8-18H2,1-2H3,(H,23,24). The lowest BCUT2D eigenvalue weighted by Gasteiger charge is -2.34. The number of ether oxygens (including phenoxy) is 1. The number of hydrogen-bond donors (Lipinski definition) is 1. The molecule has 1 amide bonds. The van der Waals surface area contributed by atoms with Crippen LogP contribution < -0.4 is 5.32 Å². The fourth-order valence-corrected chi connectivity index (χ4v) is 4.02. The molecule has 2 fully saturated rings. The van der Waals surface area contributed by atoms with Gasteiger partial charge in [-0.25, -0.2) is 0 Å². The summed E-state index contributed by atoms with van der Waals surface area (Å²) in [5.74, 6) is 1.72. The lowest BCUT2D eigenvalue weighted by Crippen LogP contribution is -2.50. The molecule has 2 saturated heterocycles. The van der Waals surface area contributed by atoms with Gasteiger partial charge >= 0.3 is 0 Å². The third kappa shape index (κ3) is 6.72. The van der Waals surface area contributed by atoms with E-state index in [2.05, 4.69) is 44.4 Å². The molecule has 29 heavy (non-hydrogen) atoms. The molecule has 3 rings (SSSR count). The summed E-state index contributed by atoms with van der Waals surface area (Å²) in [6, 6.07) is 10.3. The fraction of sp³-hybridized carbons (Fsp3) is 0.636. The largest absolute Gasteiger partial charge is 0.376 e. The molecule has 1 unspecified atom stereocenters. The van der Waals surface area contributed by atoms with Gasteiger partial charge in [-0.1, -0.05) is 30.3 Å². The van der Waals surface area contributed by atoms with Crippen LogP contribution in [0.3, 0.4) is 0 Å².